The van der Waals surface area contributed by atoms with E-state index in [0.29, 0.717) is 25.2 Å². The van der Waals surface area contributed by atoms with Crippen molar-refractivity contribution in [1.82, 2.24) is 9.80 Å². The standard InChI is InChI=1S/C20H20BrFN2O/c21-18-8-5-16(6-9-18)7-10-20(25)24-13-11-23(12-14-24)15-17-3-1-2-4-19(17)22/h1-10H,11-15H2/b10-7+. The van der Waals surface area contributed by atoms with E-state index >= 15 is 0 Å². The van der Waals surface area contributed by atoms with E-state index in [9.17, 15) is 9.18 Å². The molecular formula is C20H20BrFN2O. The number of carbonyl (C=O) groups excluding carboxylic acids is 1. The normalized spacial score (nSPS) is 15.7. The van der Waals surface area contributed by atoms with Crippen LogP contribution in [0.5, 0.6) is 0 Å². The minimum atomic E-state index is -0.168. The van der Waals surface area contributed by atoms with Gasteiger partial charge >= 0.3 is 0 Å². The molecule has 3 nitrogen and oxygen atoms in total. The summed E-state index contributed by atoms with van der Waals surface area (Å²) in [7, 11) is 0. The highest BCUT2D eigenvalue weighted by Crippen LogP contribution is 2.14. The summed E-state index contributed by atoms with van der Waals surface area (Å²) < 4.78 is 14.7. The van der Waals surface area contributed by atoms with Crippen molar-refractivity contribution in [3.05, 3.63) is 76.0 Å². The van der Waals surface area contributed by atoms with Gasteiger partial charge in [0.15, 0.2) is 0 Å². The molecule has 25 heavy (non-hydrogen) atoms. The van der Waals surface area contributed by atoms with E-state index in [-0.39, 0.29) is 11.7 Å². The summed E-state index contributed by atoms with van der Waals surface area (Å²) in [5, 5.41) is 0. The second-order valence-electron chi connectivity index (χ2n) is 6.08. The van der Waals surface area contributed by atoms with Gasteiger partial charge in [-0.25, -0.2) is 4.39 Å². The molecule has 1 fully saturated rings. The molecular weight excluding hydrogens is 383 g/mol. The quantitative estimate of drug-likeness (QED) is 0.722. The Labute approximate surface area is 155 Å². The molecule has 0 N–H and O–H groups in total. The number of hydrogen-bond acceptors (Lipinski definition) is 2. The van der Waals surface area contributed by atoms with Gasteiger partial charge in [-0.1, -0.05) is 46.3 Å². The highest BCUT2D eigenvalue weighted by molar-refractivity contribution is 9.10. The van der Waals surface area contributed by atoms with Crippen LogP contribution in [0.1, 0.15) is 11.1 Å². The number of halogens is 2. The summed E-state index contributed by atoms with van der Waals surface area (Å²) in [4.78, 5) is 16.3. The predicted octanol–water partition coefficient (Wildman–Crippen LogP) is 3.95. The van der Waals surface area contributed by atoms with Crippen molar-refractivity contribution in [3.8, 4) is 0 Å². The fourth-order valence-corrected chi connectivity index (χ4v) is 3.11. The van der Waals surface area contributed by atoms with Crippen LogP contribution in [-0.2, 0) is 11.3 Å². The number of carbonyl (C=O) groups is 1. The number of rotatable bonds is 4. The molecule has 5 heteroatoms. The molecule has 1 heterocycles. The minimum absolute atomic E-state index is 0.0217. The van der Waals surface area contributed by atoms with E-state index in [0.717, 1.165) is 23.1 Å². The Morgan fingerprint density at radius 3 is 2.40 bits per heavy atom. The van der Waals surface area contributed by atoms with Crippen LogP contribution in [0.2, 0.25) is 0 Å². The molecule has 1 saturated heterocycles. The average Bonchev–Trinajstić information content (AvgIpc) is 2.63. The van der Waals surface area contributed by atoms with Gasteiger partial charge in [-0.2, -0.15) is 0 Å². The van der Waals surface area contributed by atoms with Crippen LogP contribution in [-0.4, -0.2) is 41.9 Å². The number of benzene rings is 2. The third-order valence-electron chi connectivity index (χ3n) is 4.32. The molecule has 1 aliphatic rings. The smallest absolute Gasteiger partial charge is 0.246 e. The van der Waals surface area contributed by atoms with Gasteiger partial charge in [0, 0.05) is 48.8 Å². The van der Waals surface area contributed by atoms with Gasteiger partial charge in [0.05, 0.1) is 0 Å². The summed E-state index contributed by atoms with van der Waals surface area (Å²) in [5.41, 5.74) is 1.70. The Hall–Kier alpha value is -1.98. The summed E-state index contributed by atoms with van der Waals surface area (Å²) >= 11 is 3.39. The number of hydrogen-bond donors (Lipinski definition) is 0. The Kier molecular flexibility index (Phi) is 6.00. The molecule has 0 aromatic heterocycles. The zero-order valence-corrected chi connectivity index (χ0v) is 15.5. The summed E-state index contributed by atoms with van der Waals surface area (Å²) in [6, 6.07) is 14.7. The van der Waals surface area contributed by atoms with Crippen molar-refractivity contribution in [2.75, 3.05) is 26.2 Å². The zero-order valence-electron chi connectivity index (χ0n) is 13.9. The summed E-state index contributed by atoms with van der Waals surface area (Å²) in [6.07, 6.45) is 3.45. The first-order chi connectivity index (χ1) is 12.1. The van der Waals surface area contributed by atoms with Crippen molar-refractivity contribution >= 4 is 27.9 Å². The highest BCUT2D eigenvalue weighted by Gasteiger charge is 2.20. The Morgan fingerprint density at radius 1 is 1.04 bits per heavy atom. The molecule has 0 spiro atoms. The van der Waals surface area contributed by atoms with E-state index in [1.54, 1.807) is 12.1 Å². The van der Waals surface area contributed by atoms with Crippen molar-refractivity contribution in [3.63, 3.8) is 0 Å². The third kappa shape index (κ3) is 5.00. The largest absolute Gasteiger partial charge is 0.337 e. The van der Waals surface area contributed by atoms with Crippen LogP contribution < -0.4 is 0 Å². The van der Waals surface area contributed by atoms with Crippen LogP contribution >= 0.6 is 15.9 Å². The van der Waals surface area contributed by atoms with Crippen molar-refractivity contribution in [2.45, 2.75) is 6.54 Å². The highest BCUT2D eigenvalue weighted by atomic mass is 79.9. The van der Waals surface area contributed by atoms with Gasteiger partial charge < -0.3 is 4.90 Å². The second kappa shape index (κ2) is 8.41. The molecule has 1 amide bonds. The van der Waals surface area contributed by atoms with Crippen molar-refractivity contribution in [1.29, 1.82) is 0 Å². The van der Waals surface area contributed by atoms with Crippen LogP contribution in [0.4, 0.5) is 4.39 Å². The molecule has 130 valence electrons. The fraction of sp³-hybridized carbons (Fsp3) is 0.250. The van der Waals surface area contributed by atoms with Gasteiger partial charge in [0.2, 0.25) is 5.91 Å². The maximum Gasteiger partial charge on any atom is 0.246 e. The molecule has 0 unspecified atom stereocenters. The SMILES string of the molecule is O=C(/C=C/c1ccc(Br)cc1)N1CCN(Cc2ccccc2F)CC1. The van der Waals surface area contributed by atoms with Gasteiger partial charge in [0.25, 0.3) is 0 Å². The molecule has 0 saturated carbocycles. The molecule has 2 aromatic rings. The van der Waals surface area contributed by atoms with E-state index in [4.69, 9.17) is 0 Å². The van der Waals surface area contributed by atoms with Crippen LogP contribution in [0.15, 0.2) is 59.1 Å². The molecule has 0 bridgehead atoms. The number of amides is 1. The average molecular weight is 403 g/mol. The lowest BCUT2D eigenvalue weighted by atomic mass is 10.2. The van der Waals surface area contributed by atoms with E-state index in [2.05, 4.69) is 20.8 Å². The molecule has 0 atom stereocenters. The van der Waals surface area contributed by atoms with Gasteiger partial charge in [-0.15, -0.1) is 0 Å². The van der Waals surface area contributed by atoms with Crippen molar-refractivity contribution in [2.24, 2.45) is 0 Å². The van der Waals surface area contributed by atoms with Gasteiger partial charge in [-0.3, -0.25) is 9.69 Å². The van der Waals surface area contributed by atoms with Crippen LogP contribution in [0.25, 0.3) is 6.08 Å². The topological polar surface area (TPSA) is 23.6 Å². The van der Waals surface area contributed by atoms with Crippen LogP contribution in [0.3, 0.4) is 0 Å². The maximum atomic E-state index is 13.7. The lowest BCUT2D eigenvalue weighted by Crippen LogP contribution is -2.47. The van der Waals surface area contributed by atoms with Crippen molar-refractivity contribution < 1.29 is 9.18 Å². The van der Waals surface area contributed by atoms with Gasteiger partial charge in [0.1, 0.15) is 5.82 Å². The third-order valence-corrected chi connectivity index (χ3v) is 4.85. The number of piperazine rings is 1. The fourth-order valence-electron chi connectivity index (χ4n) is 2.84. The Bertz CT molecular complexity index is 753. The minimum Gasteiger partial charge on any atom is -0.337 e. The van der Waals surface area contributed by atoms with Gasteiger partial charge in [-0.05, 0) is 29.8 Å². The first-order valence-electron chi connectivity index (χ1n) is 8.30. The molecule has 1 aliphatic heterocycles. The first kappa shape index (κ1) is 17.8. The molecule has 2 aromatic carbocycles. The predicted molar refractivity (Wildman–Crippen MR) is 101 cm³/mol. The van der Waals surface area contributed by atoms with E-state index in [1.807, 2.05) is 47.4 Å². The van der Waals surface area contributed by atoms with E-state index < -0.39 is 0 Å². The zero-order chi connectivity index (χ0) is 17.6. The second-order valence-corrected chi connectivity index (χ2v) is 6.99. The lowest BCUT2D eigenvalue weighted by Gasteiger charge is -2.34. The van der Waals surface area contributed by atoms with E-state index in [1.165, 1.54) is 6.07 Å². The molecule has 0 radical (unpaired) electrons. The Morgan fingerprint density at radius 2 is 1.72 bits per heavy atom. The summed E-state index contributed by atoms with van der Waals surface area (Å²) in [6.45, 7) is 3.43. The van der Waals surface area contributed by atoms with Crippen LogP contribution in [0, 0.1) is 5.82 Å². The molecule has 0 aliphatic carbocycles. The lowest BCUT2D eigenvalue weighted by molar-refractivity contribution is -0.127. The monoisotopic (exact) mass is 402 g/mol. The summed E-state index contributed by atoms with van der Waals surface area (Å²) in [5.74, 6) is -0.146. The maximum absolute atomic E-state index is 13.7. The molecule has 3 rings (SSSR count). The number of nitrogens with zero attached hydrogens (tertiary/aromatic N) is 2. The first-order valence-corrected chi connectivity index (χ1v) is 9.09. The Balaban J connectivity index is 1.50.